The molecule has 0 aliphatic heterocycles. The summed E-state index contributed by atoms with van der Waals surface area (Å²) in [7, 11) is 3.69. The van der Waals surface area contributed by atoms with Crippen molar-refractivity contribution in [1.29, 1.82) is 0 Å². The zero-order valence-electron chi connectivity index (χ0n) is 12.9. The van der Waals surface area contributed by atoms with Gasteiger partial charge in [0.1, 0.15) is 17.6 Å². The molecule has 0 saturated carbocycles. The van der Waals surface area contributed by atoms with Crippen molar-refractivity contribution in [2.24, 2.45) is 7.05 Å². The molecule has 23 heavy (non-hydrogen) atoms. The minimum Gasteiger partial charge on any atom is -0.365 e. The fraction of sp³-hybridized carbons (Fsp3) is 0.188. The first-order chi connectivity index (χ1) is 11.2. The van der Waals surface area contributed by atoms with Gasteiger partial charge in [0.15, 0.2) is 5.13 Å². The molecule has 6 nitrogen and oxygen atoms in total. The molecule has 0 unspecified atom stereocenters. The Labute approximate surface area is 138 Å². The first-order valence-corrected chi connectivity index (χ1v) is 8.03. The van der Waals surface area contributed by atoms with E-state index in [1.54, 1.807) is 18.6 Å². The van der Waals surface area contributed by atoms with Crippen LogP contribution in [0.25, 0.3) is 0 Å². The number of aryl methyl sites for hydroxylation is 1. The molecule has 7 heteroatoms. The van der Waals surface area contributed by atoms with E-state index in [4.69, 9.17) is 0 Å². The Morgan fingerprint density at radius 1 is 1.30 bits per heavy atom. The highest BCUT2D eigenvalue weighted by atomic mass is 32.1. The molecule has 1 aromatic carbocycles. The Balaban J connectivity index is 1.90. The van der Waals surface area contributed by atoms with Crippen molar-refractivity contribution in [1.82, 2.24) is 19.9 Å². The largest absolute Gasteiger partial charge is 0.365 e. The summed E-state index contributed by atoms with van der Waals surface area (Å²) in [4.78, 5) is 21.2. The van der Waals surface area contributed by atoms with Gasteiger partial charge in [0.05, 0.1) is 0 Å². The summed E-state index contributed by atoms with van der Waals surface area (Å²) in [6.45, 7) is 0. The molecular weight excluding hydrogens is 310 g/mol. The Kier molecular flexibility index (Phi) is 4.38. The van der Waals surface area contributed by atoms with Crippen molar-refractivity contribution in [3.05, 3.63) is 65.2 Å². The molecule has 2 heterocycles. The van der Waals surface area contributed by atoms with Crippen LogP contribution in [-0.2, 0) is 7.05 Å². The van der Waals surface area contributed by atoms with Gasteiger partial charge in [-0.05, 0) is 5.56 Å². The first-order valence-electron chi connectivity index (χ1n) is 7.15. The second kappa shape index (κ2) is 6.62. The lowest BCUT2D eigenvalue weighted by atomic mass is 10.1. The smallest absolute Gasteiger partial charge is 0.271 e. The molecular formula is C16H17N5OS. The second-order valence-corrected chi connectivity index (χ2v) is 5.86. The van der Waals surface area contributed by atoms with Crippen LogP contribution in [0.15, 0.2) is 48.1 Å². The van der Waals surface area contributed by atoms with Crippen molar-refractivity contribution in [2.45, 2.75) is 6.04 Å². The SMILES string of the molecule is CNc1nc(C(=O)N[C@@H](c2ccccc2)c2nccn2C)cs1. The van der Waals surface area contributed by atoms with Crippen molar-refractivity contribution >= 4 is 22.4 Å². The third-order valence-corrected chi connectivity index (χ3v) is 4.34. The molecule has 0 aliphatic rings. The van der Waals surface area contributed by atoms with Crippen molar-refractivity contribution < 1.29 is 4.79 Å². The van der Waals surface area contributed by atoms with Gasteiger partial charge in [-0.1, -0.05) is 30.3 Å². The van der Waals surface area contributed by atoms with Gasteiger partial charge in [-0.25, -0.2) is 9.97 Å². The quantitative estimate of drug-likeness (QED) is 0.755. The van der Waals surface area contributed by atoms with Crippen LogP contribution >= 0.6 is 11.3 Å². The van der Waals surface area contributed by atoms with E-state index in [0.29, 0.717) is 10.8 Å². The lowest BCUT2D eigenvalue weighted by molar-refractivity contribution is 0.0937. The number of nitrogens with one attached hydrogen (secondary N) is 2. The molecule has 2 N–H and O–H groups in total. The summed E-state index contributed by atoms with van der Waals surface area (Å²) in [5.74, 6) is 0.549. The van der Waals surface area contributed by atoms with Crippen LogP contribution in [0.1, 0.15) is 27.9 Å². The minimum absolute atomic E-state index is 0.223. The summed E-state index contributed by atoms with van der Waals surface area (Å²) in [5, 5.41) is 8.41. The summed E-state index contributed by atoms with van der Waals surface area (Å²) >= 11 is 1.40. The van der Waals surface area contributed by atoms with Crippen LogP contribution in [0.3, 0.4) is 0 Å². The van der Waals surface area contributed by atoms with Gasteiger partial charge in [-0.15, -0.1) is 11.3 Å². The maximum atomic E-state index is 12.5. The molecule has 1 atom stereocenters. The van der Waals surface area contributed by atoms with Gasteiger partial charge in [-0.2, -0.15) is 0 Å². The van der Waals surface area contributed by atoms with Crippen molar-refractivity contribution in [2.75, 3.05) is 12.4 Å². The van der Waals surface area contributed by atoms with Crippen LogP contribution in [0.5, 0.6) is 0 Å². The van der Waals surface area contributed by atoms with E-state index in [0.717, 1.165) is 11.4 Å². The van der Waals surface area contributed by atoms with Crippen LogP contribution in [0, 0.1) is 0 Å². The molecule has 2 aromatic heterocycles. The van der Waals surface area contributed by atoms with Crippen LogP contribution in [0.2, 0.25) is 0 Å². The Morgan fingerprint density at radius 3 is 2.70 bits per heavy atom. The van der Waals surface area contributed by atoms with Crippen molar-refractivity contribution in [3.63, 3.8) is 0 Å². The summed E-state index contributed by atoms with van der Waals surface area (Å²) < 4.78 is 1.90. The number of hydrogen-bond acceptors (Lipinski definition) is 5. The van der Waals surface area contributed by atoms with Crippen molar-refractivity contribution in [3.8, 4) is 0 Å². The van der Waals surface area contributed by atoms with Crippen LogP contribution in [-0.4, -0.2) is 27.5 Å². The van der Waals surface area contributed by atoms with E-state index < -0.39 is 0 Å². The Morgan fingerprint density at radius 2 is 2.09 bits per heavy atom. The van der Waals surface area contributed by atoms with E-state index in [1.165, 1.54) is 11.3 Å². The number of anilines is 1. The summed E-state index contributed by atoms with van der Waals surface area (Å²) in [6.07, 6.45) is 3.58. The van der Waals surface area contributed by atoms with Gasteiger partial charge in [0.25, 0.3) is 5.91 Å². The maximum absolute atomic E-state index is 12.5. The molecule has 0 aliphatic carbocycles. The fourth-order valence-corrected chi connectivity index (χ4v) is 2.95. The normalized spacial score (nSPS) is 11.9. The summed E-state index contributed by atoms with van der Waals surface area (Å²) in [5.41, 5.74) is 1.37. The predicted molar refractivity (Wildman–Crippen MR) is 90.6 cm³/mol. The molecule has 3 aromatic rings. The number of nitrogens with zero attached hydrogens (tertiary/aromatic N) is 3. The fourth-order valence-electron chi connectivity index (χ4n) is 2.30. The zero-order chi connectivity index (χ0) is 16.2. The number of rotatable bonds is 5. The van der Waals surface area contributed by atoms with E-state index in [2.05, 4.69) is 20.6 Å². The second-order valence-electron chi connectivity index (χ2n) is 5.00. The van der Waals surface area contributed by atoms with E-state index >= 15 is 0 Å². The third-order valence-electron chi connectivity index (χ3n) is 3.48. The number of benzene rings is 1. The van der Waals surface area contributed by atoms with Gasteiger partial charge < -0.3 is 15.2 Å². The Hall–Kier alpha value is -2.67. The molecule has 0 radical (unpaired) electrons. The first kappa shape index (κ1) is 15.2. The molecule has 3 rings (SSSR count). The van der Waals surface area contributed by atoms with Gasteiger partial charge in [0, 0.05) is 31.9 Å². The van der Waals surface area contributed by atoms with Crippen LogP contribution < -0.4 is 10.6 Å². The maximum Gasteiger partial charge on any atom is 0.271 e. The molecule has 0 fully saturated rings. The molecule has 0 saturated heterocycles. The number of hydrogen-bond donors (Lipinski definition) is 2. The highest BCUT2D eigenvalue weighted by Crippen LogP contribution is 2.21. The molecule has 0 spiro atoms. The minimum atomic E-state index is -0.330. The molecule has 118 valence electrons. The van der Waals surface area contributed by atoms with Gasteiger partial charge in [0.2, 0.25) is 0 Å². The molecule has 0 bridgehead atoms. The average Bonchev–Trinajstić information content (AvgIpc) is 3.22. The lowest BCUT2D eigenvalue weighted by Gasteiger charge is -2.18. The number of thiazole rings is 1. The lowest BCUT2D eigenvalue weighted by Crippen LogP contribution is -2.31. The highest BCUT2D eigenvalue weighted by Gasteiger charge is 2.22. The van der Waals surface area contributed by atoms with Crippen LogP contribution in [0.4, 0.5) is 5.13 Å². The standard InChI is InChI=1S/C16H17N5OS/c1-17-16-19-12(10-23-16)15(22)20-13(11-6-4-3-5-7-11)14-18-8-9-21(14)2/h3-10,13H,1-2H3,(H,17,19)(H,20,22)/t13-/m0/s1. The Bertz CT molecular complexity index is 796. The number of aromatic nitrogens is 3. The summed E-state index contributed by atoms with van der Waals surface area (Å²) in [6, 6.07) is 9.45. The van der Waals surface area contributed by atoms with E-state index in [-0.39, 0.29) is 11.9 Å². The zero-order valence-corrected chi connectivity index (χ0v) is 13.7. The van der Waals surface area contributed by atoms with E-state index in [9.17, 15) is 4.79 Å². The monoisotopic (exact) mass is 327 g/mol. The number of imidazole rings is 1. The predicted octanol–water partition coefficient (Wildman–Crippen LogP) is 2.44. The van der Waals surface area contributed by atoms with Gasteiger partial charge in [-0.3, -0.25) is 4.79 Å². The topological polar surface area (TPSA) is 71.8 Å². The van der Waals surface area contributed by atoms with Gasteiger partial charge >= 0.3 is 0 Å². The number of carbonyl (C=O) groups is 1. The average molecular weight is 327 g/mol. The number of carbonyl (C=O) groups excluding carboxylic acids is 1. The number of amides is 1. The molecule has 1 amide bonds. The third kappa shape index (κ3) is 3.24. The van der Waals surface area contributed by atoms with E-state index in [1.807, 2.05) is 48.1 Å². The highest BCUT2D eigenvalue weighted by molar-refractivity contribution is 7.13.